The Labute approximate surface area is 517 Å². The van der Waals surface area contributed by atoms with E-state index in [1.165, 1.54) is 116 Å². The molecule has 85 heavy (non-hydrogen) atoms. The Hall–Kier alpha value is -1.94. The van der Waals surface area contributed by atoms with Gasteiger partial charge >= 0.3 is 39.5 Å². The highest BCUT2D eigenvalue weighted by molar-refractivity contribution is 7.47. The molecule has 0 aromatic carbocycles. The second-order valence-corrected chi connectivity index (χ2v) is 28.7. The average Bonchev–Trinajstić information content (AvgIpc) is 3.48. The number of phosphoric ester groups is 2. The van der Waals surface area contributed by atoms with Gasteiger partial charge in [0.05, 0.1) is 26.4 Å². The SMILES string of the molecule is CC(C)CCCCCCCCCCCCCC(=O)OC[C@H](COP(=O)(O)OC[C@@H](O)COP(=O)(O)OC[C@@H](COC(=O)CCCCCCCCC(C)C)OC(=O)CCCCCCCCCCCC(C)C)OC(=O)CCCCCCCCCC(C)C. The molecular weight excluding hydrogens is 1130 g/mol. The second-order valence-electron chi connectivity index (χ2n) is 25.8. The van der Waals surface area contributed by atoms with E-state index in [1.807, 2.05) is 0 Å². The molecule has 0 radical (unpaired) electrons. The summed E-state index contributed by atoms with van der Waals surface area (Å²) in [5.41, 5.74) is 0. The van der Waals surface area contributed by atoms with Gasteiger partial charge in [0.15, 0.2) is 12.2 Å². The monoisotopic (exact) mass is 1250 g/mol. The highest BCUT2D eigenvalue weighted by Gasteiger charge is 2.30. The first-order valence-corrected chi connectivity index (χ1v) is 37.2. The van der Waals surface area contributed by atoms with Gasteiger partial charge in [-0.1, -0.05) is 267 Å². The number of ether oxygens (including phenoxy) is 4. The van der Waals surface area contributed by atoms with Crippen LogP contribution in [-0.4, -0.2) is 96.7 Å². The topological polar surface area (TPSA) is 237 Å². The van der Waals surface area contributed by atoms with Crippen LogP contribution < -0.4 is 0 Å². The molecule has 504 valence electrons. The molecule has 0 spiro atoms. The third-order valence-corrected chi connectivity index (χ3v) is 17.0. The molecule has 0 amide bonds. The lowest BCUT2D eigenvalue weighted by atomic mass is 10.0. The van der Waals surface area contributed by atoms with Gasteiger partial charge in [0.1, 0.15) is 19.3 Å². The first-order chi connectivity index (χ1) is 40.6. The molecule has 17 nitrogen and oxygen atoms in total. The number of unbranched alkanes of at least 4 members (excludes halogenated alkanes) is 29. The molecule has 0 aliphatic rings. The van der Waals surface area contributed by atoms with Crippen molar-refractivity contribution in [3.05, 3.63) is 0 Å². The minimum Gasteiger partial charge on any atom is -0.462 e. The normalized spacial score (nSPS) is 14.4. The van der Waals surface area contributed by atoms with Crippen molar-refractivity contribution in [2.45, 2.75) is 337 Å². The maximum absolute atomic E-state index is 13.0. The number of carbonyl (C=O) groups is 4. The Morgan fingerprint density at radius 2 is 0.494 bits per heavy atom. The molecule has 0 aromatic rings. The third kappa shape index (κ3) is 60.7. The summed E-state index contributed by atoms with van der Waals surface area (Å²) in [6.45, 7) is 13.9. The van der Waals surface area contributed by atoms with Gasteiger partial charge in [0.2, 0.25) is 0 Å². The van der Waals surface area contributed by atoms with Gasteiger partial charge < -0.3 is 33.8 Å². The van der Waals surface area contributed by atoms with Crippen molar-refractivity contribution >= 4 is 39.5 Å². The fourth-order valence-electron chi connectivity index (χ4n) is 9.78. The van der Waals surface area contributed by atoms with E-state index < -0.39 is 97.5 Å². The Morgan fingerprint density at radius 1 is 0.294 bits per heavy atom. The molecule has 2 unspecified atom stereocenters. The largest absolute Gasteiger partial charge is 0.472 e. The van der Waals surface area contributed by atoms with Crippen LogP contribution in [0.5, 0.6) is 0 Å². The summed E-state index contributed by atoms with van der Waals surface area (Å²) in [6, 6.07) is 0. The fourth-order valence-corrected chi connectivity index (χ4v) is 11.4. The number of phosphoric acid groups is 2. The van der Waals surface area contributed by atoms with E-state index in [2.05, 4.69) is 55.4 Å². The minimum atomic E-state index is -4.95. The molecule has 19 heteroatoms. The summed E-state index contributed by atoms with van der Waals surface area (Å²) in [6.07, 6.45) is 36.4. The van der Waals surface area contributed by atoms with Crippen molar-refractivity contribution in [2.75, 3.05) is 39.6 Å². The van der Waals surface area contributed by atoms with Crippen LogP contribution in [0.3, 0.4) is 0 Å². The first kappa shape index (κ1) is 83.1. The van der Waals surface area contributed by atoms with Crippen LogP contribution in [0.2, 0.25) is 0 Å². The summed E-state index contributed by atoms with van der Waals surface area (Å²) in [7, 11) is -9.89. The van der Waals surface area contributed by atoms with Crippen LogP contribution in [0.25, 0.3) is 0 Å². The van der Waals surface area contributed by atoms with Crippen molar-refractivity contribution < 1.29 is 80.2 Å². The van der Waals surface area contributed by atoms with Crippen molar-refractivity contribution in [1.82, 2.24) is 0 Å². The van der Waals surface area contributed by atoms with E-state index >= 15 is 0 Å². The van der Waals surface area contributed by atoms with Gasteiger partial charge in [-0.05, 0) is 49.4 Å². The van der Waals surface area contributed by atoms with Crippen molar-refractivity contribution in [1.29, 1.82) is 0 Å². The lowest BCUT2D eigenvalue weighted by molar-refractivity contribution is -0.161. The molecule has 5 atom stereocenters. The van der Waals surface area contributed by atoms with E-state index in [0.29, 0.717) is 37.5 Å². The number of aliphatic hydroxyl groups is 1. The zero-order valence-electron chi connectivity index (χ0n) is 55.2. The number of esters is 4. The number of hydrogen-bond acceptors (Lipinski definition) is 15. The van der Waals surface area contributed by atoms with Gasteiger partial charge in [-0.2, -0.15) is 0 Å². The van der Waals surface area contributed by atoms with Gasteiger partial charge in [0, 0.05) is 25.7 Å². The lowest BCUT2D eigenvalue weighted by Crippen LogP contribution is -2.30. The van der Waals surface area contributed by atoms with Gasteiger partial charge in [-0.3, -0.25) is 37.3 Å². The summed E-state index contributed by atoms with van der Waals surface area (Å²) in [5, 5.41) is 10.5. The van der Waals surface area contributed by atoms with Gasteiger partial charge in [-0.25, -0.2) is 9.13 Å². The third-order valence-electron chi connectivity index (χ3n) is 15.1. The van der Waals surface area contributed by atoms with Crippen LogP contribution in [0.15, 0.2) is 0 Å². The highest BCUT2D eigenvalue weighted by atomic mass is 31.2. The standard InChI is InChI=1S/C66H128O17P2/c1-56(2)42-34-26-18-13-10-9-11-15-21-30-38-46-63(68)76-52-61(83-66(71)49-41-33-23-17-20-28-36-44-58(5)6)54-80-84(72,73)78-50-60(67)51-79-85(74,75)81-55-62(53-77-64(69)47-39-31-25-24-29-37-45-59(7)8)82-65(70)48-40-32-22-16-12-14-19-27-35-43-57(3)4/h56-62,67H,9-55H2,1-8H3,(H,72,73)(H,74,75)/t60-,61-,62-/m1/s1. The van der Waals surface area contributed by atoms with E-state index in [0.717, 1.165) is 108 Å². The molecule has 0 saturated carbocycles. The number of carbonyl (C=O) groups excluding carboxylic acids is 4. The molecule has 0 aliphatic heterocycles. The number of hydrogen-bond donors (Lipinski definition) is 3. The Balaban J connectivity index is 5.23. The molecular formula is C66H128O17P2. The zero-order chi connectivity index (χ0) is 63.2. The molecule has 0 aliphatic carbocycles. The average molecular weight is 1260 g/mol. The van der Waals surface area contributed by atoms with E-state index in [1.54, 1.807) is 0 Å². The first-order valence-electron chi connectivity index (χ1n) is 34.2. The molecule has 0 rings (SSSR count). The zero-order valence-corrected chi connectivity index (χ0v) is 57.0. The predicted octanol–water partition coefficient (Wildman–Crippen LogP) is 18.1. The molecule has 0 heterocycles. The van der Waals surface area contributed by atoms with Gasteiger partial charge in [-0.15, -0.1) is 0 Å². The van der Waals surface area contributed by atoms with Crippen molar-refractivity contribution in [2.24, 2.45) is 23.7 Å². The molecule has 0 aromatic heterocycles. The summed E-state index contributed by atoms with van der Waals surface area (Å²) in [5.74, 6) is 0.744. The van der Waals surface area contributed by atoms with Crippen LogP contribution in [0.1, 0.15) is 319 Å². The van der Waals surface area contributed by atoms with Gasteiger partial charge in [0.25, 0.3) is 0 Å². The van der Waals surface area contributed by atoms with Crippen LogP contribution >= 0.6 is 15.6 Å². The maximum Gasteiger partial charge on any atom is 0.472 e. The lowest BCUT2D eigenvalue weighted by Gasteiger charge is -2.21. The highest BCUT2D eigenvalue weighted by Crippen LogP contribution is 2.45. The molecule has 0 saturated heterocycles. The number of aliphatic hydroxyl groups excluding tert-OH is 1. The second kappa shape index (κ2) is 56.1. The molecule has 0 bridgehead atoms. The Kier molecular flexibility index (Phi) is 54.8. The molecule has 0 fully saturated rings. The van der Waals surface area contributed by atoms with Crippen LogP contribution in [-0.2, 0) is 65.4 Å². The predicted molar refractivity (Wildman–Crippen MR) is 340 cm³/mol. The molecule has 3 N–H and O–H groups in total. The van der Waals surface area contributed by atoms with E-state index in [9.17, 15) is 43.2 Å². The van der Waals surface area contributed by atoms with Crippen LogP contribution in [0, 0.1) is 23.7 Å². The fraction of sp³-hybridized carbons (Fsp3) is 0.939. The van der Waals surface area contributed by atoms with Crippen LogP contribution in [0.4, 0.5) is 0 Å². The summed E-state index contributed by atoms with van der Waals surface area (Å²) in [4.78, 5) is 72.3. The van der Waals surface area contributed by atoms with E-state index in [4.69, 9.17) is 37.0 Å². The summed E-state index contributed by atoms with van der Waals surface area (Å²) < 4.78 is 68.0. The maximum atomic E-state index is 13.0. The van der Waals surface area contributed by atoms with Crippen molar-refractivity contribution in [3.8, 4) is 0 Å². The Morgan fingerprint density at radius 3 is 0.729 bits per heavy atom. The quantitative estimate of drug-likeness (QED) is 0.0222. The van der Waals surface area contributed by atoms with E-state index in [-0.39, 0.29) is 25.7 Å². The smallest absolute Gasteiger partial charge is 0.462 e. The Bertz CT molecular complexity index is 1700. The minimum absolute atomic E-state index is 0.103. The van der Waals surface area contributed by atoms with Crippen molar-refractivity contribution in [3.63, 3.8) is 0 Å². The summed E-state index contributed by atoms with van der Waals surface area (Å²) >= 11 is 0. The number of rotatable bonds is 63.